The lowest BCUT2D eigenvalue weighted by molar-refractivity contribution is -0.161. The van der Waals surface area contributed by atoms with Crippen molar-refractivity contribution in [1.29, 1.82) is 0 Å². The summed E-state index contributed by atoms with van der Waals surface area (Å²) in [5.41, 5.74) is 0. The molecule has 0 saturated heterocycles. The lowest BCUT2D eigenvalue weighted by Gasteiger charge is -2.15. The van der Waals surface area contributed by atoms with Gasteiger partial charge in [0.15, 0.2) is 6.10 Å². The highest BCUT2D eigenvalue weighted by Crippen LogP contribution is 2.13. The van der Waals surface area contributed by atoms with E-state index < -0.39 is 6.10 Å². The van der Waals surface area contributed by atoms with E-state index in [0.717, 1.165) is 122 Å². The Morgan fingerprint density at radius 1 is 0.343 bits per heavy atom. The van der Waals surface area contributed by atoms with E-state index in [9.17, 15) is 14.7 Å². The van der Waals surface area contributed by atoms with E-state index in [1.165, 1.54) is 70.6 Å². The molecule has 5 nitrogen and oxygen atoms in total. The molecule has 392 valence electrons. The van der Waals surface area contributed by atoms with Crippen LogP contribution in [0.2, 0.25) is 0 Å². The third-order valence-corrected chi connectivity index (χ3v) is 11.3. The molecule has 1 unspecified atom stereocenters. The van der Waals surface area contributed by atoms with Gasteiger partial charge in [0.05, 0.1) is 6.61 Å². The average molecular weight is 964 g/mol. The number of unbranched alkanes of at least 4 members (excludes halogenated alkanes) is 15. The number of aliphatic hydroxyl groups excluding tert-OH is 1. The lowest BCUT2D eigenvalue weighted by Crippen LogP contribution is -2.28. The summed E-state index contributed by atoms with van der Waals surface area (Å²) in [4.78, 5) is 24.5. The second-order valence-electron chi connectivity index (χ2n) is 17.9. The third kappa shape index (κ3) is 56.1. The molecule has 0 spiro atoms. The monoisotopic (exact) mass is 963 g/mol. The van der Waals surface area contributed by atoms with Crippen molar-refractivity contribution in [2.45, 2.75) is 225 Å². The first-order valence-electron chi connectivity index (χ1n) is 28.0. The Morgan fingerprint density at radius 2 is 0.614 bits per heavy atom. The van der Waals surface area contributed by atoms with E-state index in [2.05, 4.69) is 172 Å². The van der Waals surface area contributed by atoms with E-state index >= 15 is 0 Å². The van der Waals surface area contributed by atoms with Crippen molar-refractivity contribution in [2.75, 3.05) is 13.2 Å². The molecule has 0 aromatic carbocycles. The molecule has 0 aliphatic rings. The van der Waals surface area contributed by atoms with Crippen LogP contribution >= 0.6 is 0 Å². The number of carbonyl (C=O) groups excluding carboxylic acids is 2. The van der Waals surface area contributed by atoms with Crippen LogP contribution in [-0.2, 0) is 19.1 Å². The highest BCUT2D eigenvalue weighted by Gasteiger charge is 2.16. The summed E-state index contributed by atoms with van der Waals surface area (Å²) >= 11 is 0. The van der Waals surface area contributed by atoms with Crippen LogP contribution in [-0.4, -0.2) is 36.4 Å². The molecule has 0 bridgehead atoms. The fourth-order valence-corrected chi connectivity index (χ4v) is 7.12. The topological polar surface area (TPSA) is 72.8 Å². The van der Waals surface area contributed by atoms with Crippen LogP contribution in [0.4, 0.5) is 0 Å². The number of aliphatic hydroxyl groups is 1. The van der Waals surface area contributed by atoms with Crippen LogP contribution in [0.1, 0.15) is 219 Å². The Balaban J connectivity index is 3.69. The summed E-state index contributed by atoms with van der Waals surface area (Å²) in [5.74, 6) is -0.645. The molecule has 1 atom stereocenters. The second-order valence-corrected chi connectivity index (χ2v) is 17.9. The van der Waals surface area contributed by atoms with Crippen molar-refractivity contribution in [1.82, 2.24) is 0 Å². The Morgan fingerprint density at radius 3 is 0.943 bits per heavy atom. The number of ether oxygens (including phenoxy) is 2. The van der Waals surface area contributed by atoms with Gasteiger partial charge in [-0.3, -0.25) is 9.59 Å². The molecule has 1 N–H and O–H groups in total. The van der Waals surface area contributed by atoms with Crippen LogP contribution in [0.25, 0.3) is 0 Å². The molecule has 0 aliphatic carbocycles. The largest absolute Gasteiger partial charge is 0.462 e. The minimum absolute atomic E-state index is 0.0916. The molecule has 0 fully saturated rings. The van der Waals surface area contributed by atoms with E-state index in [0.29, 0.717) is 12.8 Å². The van der Waals surface area contributed by atoms with E-state index in [1.807, 2.05) is 0 Å². The van der Waals surface area contributed by atoms with Gasteiger partial charge in [-0.25, -0.2) is 0 Å². The van der Waals surface area contributed by atoms with Gasteiger partial charge in [-0.15, -0.1) is 0 Å². The maximum atomic E-state index is 12.3. The van der Waals surface area contributed by atoms with Crippen molar-refractivity contribution in [3.8, 4) is 0 Å². The standard InChI is InChI=1S/C65H102O5/c1-3-5-7-9-11-13-15-17-19-21-23-24-25-26-27-28-29-30-31-32-33-34-35-36-37-38-39-40-42-44-46-48-50-52-54-56-58-60-65(68)70-63(61-66)62-69-64(67)59-57-55-53-51-49-47-45-43-41-22-20-18-16-14-12-10-8-6-4-2/h5,7,11-14,17-20,23-24,26-27,29-30,32-33,35-36,38-39,42,44,48,50,63,66H,3-4,6,8-10,15-16,21-22,25,28,31,34,37,40-41,43,45-47,49,51-62H2,1-2H3/b7-5-,13-11-,14-12-,19-17-,20-18-,24-23-,27-26-,30-29-,33-32-,36-35-,39-38-,44-42-,50-48-. The number of hydrogen-bond donors (Lipinski definition) is 1. The Labute approximate surface area is 430 Å². The minimum Gasteiger partial charge on any atom is -0.462 e. The summed E-state index contributed by atoms with van der Waals surface area (Å²) in [6, 6.07) is 0. The van der Waals surface area contributed by atoms with Gasteiger partial charge >= 0.3 is 11.9 Å². The number of carbonyl (C=O) groups is 2. The van der Waals surface area contributed by atoms with Crippen molar-refractivity contribution in [3.05, 3.63) is 158 Å². The molecular weight excluding hydrogens is 861 g/mol. The summed E-state index contributed by atoms with van der Waals surface area (Å²) < 4.78 is 10.7. The Kier molecular flexibility index (Phi) is 55.1. The molecule has 0 aromatic heterocycles. The van der Waals surface area contributed by atoms with Crippen molar-refractivity contribution < 1.29 is 24.2 Å². The normalized spacial score (nSPS) is 13.5. The maximum Gasteiger partial charge on any atom is 0.306 e. The van der Waals surface area contributed by atoms with Crippen LogP contribution in [0.5, 0.6) is 0 Å². The zero-order chi connectivity index (χ0) is 50.6. The van der Waals surface area contributed by atoms with Crippen LogP contribution in [0.3, 0.4) is 0 Å². The first-order chi connectivity index (χ1) is 34.6. The summed E-state index contributed by atoms with van der Waals surface area (Å²) in [6.07, 6.45) is 90.6. The van der Waals surface area contributed by atoms with Crippen molar-refractivity contribution in [3.63, 3.8) is 0 Å². The molecule has 0 radical (unpaired) electrons. The van der Waals surface area contributed by atoms with Crippen molar-refractivity contribution in [2.24, 2.45) is 0 Å². The maximum absolute atomic E-state index is 12.3. The Hall–Kier alpha value is -4.48. The zero-order valence-corrected chi connectivity index (χ0v) is 44.7. The zero-order valence-electron chi connectivity index (χ0n) is 44.7. The minimum atomic E-state index is -0.804. The van der Waals surface area contributed by atoms with Crippen molar-refractivity contribution >= 4 is 11.9 Å². The number of hydrogen-bond acceptors (Lipinski definition) is 5. The molecule has 0 heterocycles. The molecule has 70 heavy (non-hydrogen) atoms. The van der Waals surface area contributed by atoms with Gasteiger partial charge in [-0.2, -0.15) is 0 Å². The predicted molar refractivity (Wildman–Crippen MR) is 306 cm³/mol. The molecule has 0 saturated carbocycles. The number of rotatable bonds is 49. The first kappa shape index (κ1) is 65.5. The third-order valence-electron chi connectivity index (χ3n) is 11.3. The molecule has 0 aliphatic heterocycles. The summed E-state index contributed by atoms with van der Waals surface area (Å²) in [5, 5.41) is 9.64. The smallest absolute Gasteiger partial charge is 0.306 e. The highest BCUT2D eigenvalue weighted by molar-refractivity contribution is 5.70. The molecule has 0 rings (SSSR count). The SMILES string of the molecule is CC/C=C\C/C=C\C/C=C\C/C=C\C/C=C\C/C=C\C/C=C\C/C=C\C/C=C\C/C=C\C/C=C\CCCCCC(=O)OC(CO)COC(=O)CCCCCCCCCCC/C=C\C/C=C\CCCCC. The molecule has 5 heteroatoms. The van der Waals surface area contributed by atoms with Gasteiger partial charge in [0.1, 0.15) is 6.61 Å². The fourth-order valence-electron chi connectivity index (χ4n) is 7.12. The van der Waals surface area contributed by atoms with Crippen LogP contribution in [0, 0.1) is 0 Å². The molecule has 0 amide bonds. The van der Waals surface area contributed by atoms with Crippen LogP contribution < -0.4 is 0 Å². The fraction of sp³-hybridized carbons (Fsp3) is 0.569. The van der Waals surface area contributed by atoms with Gasteiger partial charge in [0.2, 0.25) is 0 Å². The van der Waals surface area contributed by atoms with Crippen LogP contribution in [0.15, 0.2) is 158 Å². The first-order valence-corrected chi connectivity index (χ1v) is 28.0. The van der Waals surface area contributed by atoms with Gasteiger partial charge in [-0.05, 0) is 128 Å². The quantitative estimate of drug-likeness (QED) is 0.0374. The molecular formula is C65H102O5. The summed E-state index contributed by atoms with van der Waals surface area (Å²) in [6.45, 7) is 3.96. The average Bonchev–Trinajstić information content (AvgIpc) is 3.36. The second kappa shape index (κ2) is 58.8. The highest BCUT2D eigenvalue weighted by atomic mass is 16.6. The van der Waals surface area contributed by atoms with E-state index in [1.54, 1.807) is 0 Å². The summed E-state index contributed by atoms with van der Waals surface area (Å²) in [7, 11) is 0. The number of allylic oxidation sites excluding steroid dienone is 26. The van der Waals surface area contributed by atoms with E-state index in [-0.39, 0.29) is 25.2 Å². The lowest BCUT2D eigenvalue weighted by atomic mass is 10.1. The molecule has 0 aromatic rings. The number of esters is 2. The predicted octanol–water partition coefficient (Wildman–Crippen LogP) is 19.2. The van der Waals surface area contributed by atoms with Gasteiger partial charge in [0.25, 0.3) is 0 Å². The van der Waals surface area contributed by atoms with E-state index in [4.69, 9.17) is 9.47 Å². The van der Waals surface area contributed by atoms with Gasteiger partial charge in [-0.1, -0.05) is 236 Å². The van der Waals surface area contributed by atoms with Gasteiger partial charge < -0.3 is 14.6 Å². The van der Waals surface area contributed by atoms with Gasteiger partial charge in [0, 0.05) is 12.8 Å². The Bertz CT molecular complexity index is 1560.